The van der Waals surface area contributed by atoms with Gasteiger partial charge in [-0.15, -0.1) is 13.2 Å². The van der Waals surface area contributed by atoms with Gasteiger partial charge in [-0.2, -0.15) is 0 Å². The van der Waals surface area contributed by atoms with E-state index in [1.54, 1.807) is 12.1 Å². The van der Waals surface area contributed by atoms with Crippen molar-refractivity contribution in [3.05, 3.63) is 29.8 Å². The first-order chi connectivity index (χ1) is 10.4. The van der Waals surface area contributed by atoms with Crippen molar-refractivity contribution in [2.24, 2.45) is 11.8 Å². The molecule has 5 heteroatoms. The highest BCUT2D eigenvalue weighted by Crippen LogP contribution is 2.30. The van der Waals surface area contributed by atoms with Crippen molar-refractivity contribution in [2.75, 3.05) is 6.61 Å². The SMILES string of the molecule is CC1CCC(CCOCc2ccc(OC(F)(F)F)cc2)CC1. The van der Waals surface area contributed by atoms with Gasteiger partial charge in [0.2, 0.25) is 0 Å². The van der Waals surface area contributed by atoms with Crippen LogP contribution in [0.25, 0.3) is 0 Å². The number of benzene rings is 1. The molecule has 1 aromatic rings. The lowest BCUT2D eigenvalue weighted by molar-refractivity contribution is -0.274. The first-order valence-corrected chi connectivity index (χ1v) is 7.85. The molecular weight excluding hydrogens is 293 g/mol. The molecule has 0 spiro atoms. The van der Waals surface area contributed by atoms with Crippen LogP contribution in [0.2, 0.25) is 0 Å². The number of ether oxygens (including phenoxy) is 2. The fourth-order valence-corrected chi connectivity index (χ4v) is 2.85. The van der Waals surface area contributed by atoms with E-state index in [1.165, 1.54) is 37.8 Å². The Morgan fingerprint density at radius 1 is 1.05 bits per heavy atom. The van der Waals surface area contributed by atoms with Crippen LogP contribution >= 0.6 is 0 Å². The zero-order valence-corrected chi connectivity index (χ0v) is 12.9. The van der Waals surface area contributed by atoms with Crippen LogP contribution in [0, 0.1) is 11.8 Å². The van der Waals surface area contributed by atoms with Gasteiger partial charge in [-0.1, -0.05) is 44.7 Å². The molecule has 0 radical (unpaired) electrons. The normalized spacial score (nSPS) is 22.5. The number of hydrogen-bond acceptors (Lipinski definition) is 2. The summed E-state index contributed by atoms with van der Waals surface area (Å²) >= 11 is 0. The van der Waals surface area contributed by atoms with Crippen LogP contribution in [0.3, 0.4) is 0 Å². The minimum Gasteiger partial charge on any atom is -0.406 e. The lowest BCUT2D eigenvalue weighted by Gasteiger charge is -2.25. The number of rotatable bonds is 6. The number of halogens is 3. The van der Waals surface area contributed by atoms with Crippen molar-refractivity contribution < 1.29 is 22.6 Å². The van der Waals surface area contributed by atoms with Gasteiger partial charge in [0.1, 0.15) is 5.75 Å². The predicted octanol–water partition coefficient (Wildman–Crippen LogP) is 5.32. The first-order valence-electron chi connectivity index (χ1n) is 7.85. The predicted molar refractivity (Wildman–Crippen MR) is 78.5 cm³/mol. The summed E-state index contributed by atoms with van der Waals surface area (Å²) in [6, 6.07) is 5.83. The molecule has 0 aromatic heterocycles. The number of hydrogen-bond donors (Lipinski definition) is 0. The molecule has 0 saturated heterocycles. The topological polar surface area (TPSA) is 18.5 Å². The summed E-state index contributed by atoms with van der Waals surface area (Å²) < 4.78 is 45.6. The second-order valence-electron chi connectivity index (χ2n) is 6.16. The molecule has 1 aliphatic carbocycles. The highest BCUT2D eigenvalue weighted by Gasteiger charge is 2.30. The summed E-state index contributed by atoms with van der Waals surface area (Å²) in [5.41, 5.74) is 0.854. The molecule has 0 heterocycles. The van der Waals surface area contributed by atoms with E-state index in [0.29, 0.717) is 13.2 Å². The van der Waals surface area contributed by atoms with Crippen molar-refractivity contribution in [2.45, 2.75) is 52.0 Å². The van der Waals surface area contributed by atoms with Crippen LogP contribution in [-0.4, -0.2) is 13.0 Å². The highest BCUT2D eigenvalue weighted by atomic mass is 19.4. The van der Waals surface area contributed by atoms with Crippen LogP contribution in [0.4, 0.5) is 13.2 Å². The van der Waals surface area contributed by atoms with Gasteiger partial charge in [0, 0.05) is 6.61 Å². The van der Waals surface area contributed by atoms with Gasteiger partial charge in [0.25, 0.3) is 0 Å². The summed E-state index contributed by atoms with van der Waals surface area (Å²) in [6.07, 6.45) is 1.62. The monoisotopic (exact) mass is 316 g/mol. The maximum absolute atomic E-state index is 12.0. The van der Waals surface area contributed by atoms with Gasteiger partial charge in [-0.3, -0.25) is 0 Å². The lowest BCUT2D eigenvalue weighted by atomic mass is 9.82. The molecule has 0 amide bonds. The lowest BCUT2D eigenvalue weighted by Crippen LogP contribution is -2.17. The van der Waals surface area contributed by atoms with Crippen molar-refractivity contribution >= 4 is 0 Å². The molecule has 0 N–H and O–H groups in total. The van der Waals surface area contributed by atoms with E-state index in [1.807, 2.05) is 0 Å². The Labute approximate surface area is 129 Å². The van der Waals surface area contributed by atoms with E-state index < -0.39 is 6.36 Å². The highest BCUT2D eigenvalue weighted by molar-refractivity contribution is 5.27. The Balaban J connectivity index is 1.65. The fourth-order valence-electron chi connectivity index (χ4n) is 2.85. The molecule has 0 unspecified atom stereocenters. The molecule has 1 aromatic carbocycles. The average molecular weight is 316 g/mol. The van der Waals surface area contributed by atoms with Crippen molar-refractivity contribution in [3.63, 3.8) is 0 Å². The third-order valence-corrected chi connectivity index (χ3v) is 4.23. The van der Waals surface area contributed by atoms with E-state index >= 15 is 0 Å². The van der Waals surface area contributed by atoms with E-state index in [2.05, 4.69) is 11.7 Å². The average Bonchev–Trinajstić information content (AvgIpc) is 2.45. The standard InChI is InChI=1S/C17H23F3O2/c1-13-2-4-14(5-3-13)10-11-21-12-15-6-8-16(9-7-15)22-17(18,19)20/h6-9,13-14H,2-5,10-12H2,1H3. The van der Waals surface area contributed by atoms with Crippen molar-refractivity contribution in [3.8, 4) is 5.75 Å². The fraction of sp³-hybridized carbons (Fsp3) is 0.647. The summed E-state index contributed by atoms with van der Waals surface area (Å²) in [5.74, 6) is 1.42. The third-order valence-electron chi connectivity index (χ3n) is 4.23. The van der Waals surface area contributed by atoms with Gasteiger partial charge in [0.05, 0.1) is 6.61 Å². The Morgan fingerprint density at radius 3 is 2.27 bits per heavy atom. The largest absolute Gasteiger partial charge is 0.573 e. The van der Waals surface area contributed by atoms with Gasteiger partial charge >= 0.3 is 6.36 Å². The molecule has 1 aliphatic rings. The van der Waals surface area contributed by atoms with E-state index in [9.17, 15) is 13.2 Å². The molecule has 0 atom stereocenters. The molecule has 1 fully saturated rings. The maximum Gasteiger partial charge on any atom is 0.573 e. The molecule has 2 rings (SSSR count). The van der Waals surface area contributed by atoms with Crippen LogP contribution in [0.5, 0.6) is 5.75 Å². The minimum absolute atomic E-state index is 0.201. The molecule has 0 bridgehead atoms. The molecule has 1 saturated carbocycles. The van der Waals surface area contributed by atoms with Gasteiger partial charge in [0.15, 0.2) is 0 Å². The zero-order valence-electron chi connectivity index (χ0n) is 12.9. The molecule has 0 aliphatic heterocycles. The van der Waals surface area contributed by atoms with E-state index in [-0.39, 0.29) is 5.75 Å². The molecule has 2 nitrogen and oxygen atoms in total. The zero-order chi connectivity index (χ0) is 16.0. The summed E-state index contributed by atoms with van der Waals surface area (Å²) in [6.45, 7) is 3.44. The summed E-state index contributed by atoms with van der Waals surface area (Å²) in [7, 11) is 0. The third kappa shape index (κ3) is 6.26. The minimum atomic E-state index is -4.64. The van der Waals surface area contributed by atoms with Gasteiger partial charge in [-0.25, -0.2) is 0 Å². The molecule has 124 valence electrons. The Morgan fingerprint density at radius 2 is 1.68 bits per heavy atom. The smallest absolute Gasteiger partial charge is 0.406 e. The van der Waals surface area contributed by atoms with Crippen molar-refractivity contribution in [1.82, 2.24) is 0 Å². The van der Waals surface area contributed by atoms with Gasteiger partial charge < -0.3 is 9.47 Å². The van der Waals surface area contributed by atoms with Crippen LogP contribution in [0.1, 0.15) is 44.6 Å². The van der Waals surface area contributed by atoms with Crippen LogP contribution in [0.15, 0.2) is 24.3 Å². The second-order valence-corrected chi connectivity index (χ2v) is 6.16. The molecular formula is C17H23F3O2. The molecule has 22 heavy (non-hydrogen) atoms. The summed E-state index contributed by atoms with van der Waals surface area (Å²) in [5, 5.41) is 0. The first kappa shape index (κ1) is 17.1. The van der Waals surface area contributed by atoms with E-state index in [4.69, 9.17) is 4.74 Å². The summed E-state index contributed by atoms with van der Waals surface area (Å²) in [4.78, 5) is 0. The van der Waals surface area contributed by atoms with Crippen LogP contribution in [-0.2, 0) is 11.3 Å². The second kappa shape index (κ2) is 7.86. The maximum atomic E-state index is 12.0. The van der Waals surface area contributed by atoms with Crippen molar-refractivity contribution in [1.29, 1.82) is 0 Å². The van der Waals surface area contributed by atoms with Gasteiger partial charge in [-0.05, 0) is 36.0 Å². The number of alkyl halides is 3. The quantitative estimate of drug-likeness (QED) is 0.661. The Bertz CT molecular complexity index is 434. The van der Waals surface area contributed by atoms with Crippen LogP contribution < -0.4 is 4.74 Å². The Kier molecular flexibility index (Phi) is 6.12. The van der Waals surface area contributed by atoms with E-state index in [0.717, 1.165) is 23.8 Å². The Hall–Kier alpha value is -1.23.